The van der Waals surface area contributed by atoms with Gasteiger partial charge in [0.1, 0.15) is 11.6 Å². The number of ether oxygens (including phenoxy) is 1. The van der Waals surface area contributed by atoms with E-state index >= 15 is 0 Å². The minimum atomic E-state index is -0.399. The number of hydrogen-bond acceptors (Lipinski definition) is 4. The first-order valence-corrected chi connectivity index (χ1v) is 10.4. The molecule has 30 heavy (non-hydrogen) atoms. The van der Waals surface area contributed by atoms with Crippen molar-refractivity contribution in [3.63, 3.8) is 0 Å². The molecular weight excluding hydrogens is 385 g/mol. The van der Waals surface area contributed by atoms with Gasteiger partial charge in [0.05, 0.1) is 0 Å². The molecule has 0 aliphatic heterocycles. The second-order valence-electron chi connectivity index (χ2n) is 7.04. The van der Waals surface area contributed by atoms with E-state index in [4.69, 9.17) is 4.74 Å². The summed E-state index contributed by atoms with van der Waals surface area (Å²) in [6, 6.07) is 9.33. The van der Waals surface area contributed by atoms with Gasteiger partial charge in [0.25, 0.3) is 0 Å². The van der Waals surface area contributed by atoms with Gasteiger partial charge in [-0.15, -0.1) is 0 Å². The highest BCUT2D eigenvalue weighted by Gasteiger charge is 2.13. The molecule has 0 spiro atoms. The highest BCUT2D eigenvalue weighted by Crippen LogP contribution is 2.23. The van der Waals surface area contributed by atoms with Gasteiger partial charge in [0.2, 0.25) is 17.7 Å². The Morgan fingerprint density at radius 2 is 1.87 bits per heavy atom. The minimum Gasteiger partial charge on any atom is -0.439 e. The smallest absolute Gasteiger partial charge is 0.224 e. The molecule has 0 bridgehead atoms. The van der Waals surface area contributed by atoms with E-state index in [1.165, 1.54) is 12.1 Å². The number of carbonyl (C=O) groups is 2. The Kier molecular flexibility index (Phi) is 9.77. The number of carbonyl (C=O) groups excluding carboxylic acids is 2. The van der Waals surface area contributed by atoms with Crippen molar-refractivity contribution in [1.29, 1.82) is 0 Å². The third kappa shape index (κ3) is 7.81. The Morgan fingerprint density at radius 1 is 1.10 bits per heavy atom. The third-order valence-electron chi connectivity index (χ3n) is 4.47. The quantitative estimate of drug-likeness (QED) is 0.556. The average Bonchev–Trinajstić information content (AvgIpc) is 2.73. The van der Waals surface area contributed by atoms with Crippen molar-refractivity contribution in [2.75, 3.05) is 13.1 Å². The summed E-state index contributed by atoms with van der Waals surface area (Å²) in [6.45, 7) is 5.85. The second kappa shape index (κ2) is 12.6. The van der Waals surface area contributed by atoms with Crippen LogP contribution >= 0.6 is 0 Å². The first-order valence-electron chi connectivity index (χ1n) is 10.4. The van der Waals surface area contributed by atoms with Crippen LogP contribution < -0.4 is 10.1 Å². The predicted octanol–water partition coefficient (Wildman–Crippen LogP) is 4.45. The van der Waals surface area contributed by atoms with Crippen LogP contribution in [0.3, 0.4) is 0 Å². The maximum Gasteiger partial charge on any atom is 0.224 e. The Morgan fingerprint density at radius 3 is 2.57 bits per heavy atom. The summed E-state index contributed by atoms with van der Waals surface area (Å²) in [7, 11) is 0. The monoisotopic (exact) mass is 415 g/mol. The van der Waals surface area contributed by atoms with Crippen LogP contribution in [0.15, 0.2) is 42.6 Å². The van der Waals surface area contributed by atoms with E-state index in [0.717, 1.165) is 25.9 Å². The third-order valence-corrected chi connectivity index (χ3v) is 4.47. The van der Waals surface area contributed by atoms with Crippen molar-refractivity contribution in [3.8, 4) is 11.6 Å². The van der Waals surface area contributed by atoms with Gasteiger partial charge in [-0.2, -0.15) is 0 Å². The first kappa shape index (κ1) is 23.3. The highest BCUT2D eigenvalue weighted by molar-refractivity contribution is 5.79. The van der Waals surface area contributed by atoms with Crippen LogP contribution in [0.4, 0.5) is 4.39 Å². The van der Waals surface area contributed by atoms with E-state index < -0.39 is 5.82 Å². The molecule has 1 aromatic carbocycles. The van der Waals surface area contributed by atoms with Crippen LogP contribution in [0.25, 0.3) is 0 Å². The van der Waals surface area contributed by atoms with Gasteiger partial charge in [-0.1, -0.05) is 26.0 Å². The lowest BCUT2D eigenvalue weighted by atomic mass is 10.2. The van der Waals surface area contributed by atoms with Crippen molar-refractivity contribution in [3.05, 3.63) is 54.0 Å². The van der Waals surface area contributed by atoms with Gasteiger partial charge in [-0.05, 0) is 37.5 Å². The fraction of sp³-hybridized carbons (Fsp3) is 0.435. The van der Waals surface area contributed by atoms with Gasteiger partial charge < -0.3 is 15.0 Å². The Labute approximate surface area is 177 Å². The molecule has 0 atom stereocenters. The van der Waals surface area contributed by atoms with Crippen molar-refractivity contribution < 1.29 is 18.7 Å². The molecule has 7 heteroatoms. The van der Waals surface area contributed by atoms with Crippen LogP contribution in [0.2, 0.25) is 0 Å². The first-order chi connectivity index (χ1) is 14.5. The predicted molar refractivity (Wildman–Crippen MR) is 114 cm³/mol. The maximum absolute atomic E-state index is 13.4. The summed E-state index contributed by atoms with van der Waals surface area (Å²) in [6.07, 6.45) is 4.58. The Bertz CT molecular complexity index is 823. The molecule has 0 radical (unpaired) electrons. The molecule has 0 saturated heterocycles. The molecule has 2 amide bonds. The van der Waals surface area contributed by atoms with Crippen molar-refractivity contribution in [2.24, 2.45) is 0 Å². The van der Waals surface area contributed by atoms with Gasteiger partial charge in [-0.3, -0.25) is 9.59 Å². The number of pyridine rings is 1. The number of halogens is 1. The molecule has 2 aromatic rings. The largest absolute Gasteiger partial charge is 0.439 e. The van der Waals surface area contributed by atoms with Crippen molar-refractivity contribution in [1.82, 2.24) is 15.2 Å². The molecule has 1 aromatic heterocycles. The lowest BCUT2D eigenvalue weighted by molar-refractivity contribution is -0.131. The molecule has 1 N–H and O–H groups in total. The number of rotatable bonds is 12. The number of hydrogen-bond donors (Lipinski definition) is 1. The topological polar surface area (TPSA) is 71.5 Å². The van der Waals surface area contributed by atoms with Gasteiger partial charge in [0, 0.05) is 50.3 Å². The summed E-state index contributed by atoms with van der Waals surface area (Å²) in [5.41, 5.74) is 0.684. The maximum atomic E-state index is 13.4. The summed E-state index contributed by atoms with van der Waals surface area (Å²) in [4.78, 5) is 30.5. The van der Waals surface area contributed by atoms with Crippen molar-refractivity contribution in [2.45, 2.75) is 52.5 Å². The van der Waals surface area contributed by atoms with E-state index in [1.807, 2.05) is 18.7 Å². The van der Waals surface area contributed by atoms with E-state index in [1.54, 1.807) is 30.5 Å². The minimum absolute atomic E-state index is 0.101. The van der Waals surface area contributed by atoms with Crippen LogP contribution in [0.5, 0.6) is 11.6 Å². The lowest BCUT2D eigenvalue weighted by Gasteiger charge is -2.21. The zero-order chi connectivity index (χ0) is 21.8. The van der Waals surface area contributed by atoms with Gasteiger partial charge in [-0.25, -0.2) is 9.37 Å². The fourth-order valence-corrected chi connectivity index (χ4v) is 3.03. The van der Waals surface area contributed by atoms with Gasteiger partial charge in [0.15, 0.2) is 0 Å². The number of amides is 2. The summed E-state index contributed by atoms with van der Waals surface area (Å²) in [5.74, 6) is 0.214. The number of benzene rings is 1. The van der Waals surface area contributed by atoms with Gasteiger partial charge >= 0.3 is 0 Å². The number of nitrogens with zero attached hydrogens (tertiary/aromatic N) is 2. The molecule has 2 rings (SSSR count). The highest BCUT2D eigenvalue weighted by atomic mass is 19.1. The number of nitrogens with one attached hydrogen (secondary N) is 1. The molecule has 0 aliphatic carbocycles. The molecule has 162 valence electrons. The van der Waals surface area contributed by atoms with E-state index in [0.29, 0.717) is 30.0 Å². The molecule has 1 heterocycles. The second-order valence-corrected chi connectivity index (χ2v) is 7.04. The van der Waals surface area contributed by atoms with Crippen LogP contribution in [-0.2, 0) is 16.1 Å². The summed E-state index contributed by atoms with van der Waals surface area (Å²) < 4.78 is 19.0. The van der Waals surface area contributed by atoms with E-state index in [-0.39, 0.29) is 24.8 Å². The van der Waals surface area contributed by atoms with E-state index in [9.17, 15) is 14.0 Å². The van der Waals surface area contributed by atoms with Crippen LogP contribution in [-0.4, -0.2) is 34.8 Å². The fourth-order valence-electron chi connectivity index (χ4n) is 3.03. The Balaban J connectivity index is 1.81. The lowest BCUT2D eigenvalue weighted by Crippen LogP contribution is -2.32. The molecular formula is C23H30FN3O3. The Hall–Kier alpha value is -2.96. The standard InChI is InChI=1S/C23H30FN3O3/c1-3-14-27(15-4-2)22(29)12-6-11-21(28)26-17-18-8-7-13-25-23(18)30-20-10-5-9-19(24)16-20/h5,7-10,13,16H,3-4,6,11-12,14-15,17H2,1-2H3,(H,26,28). The zero-order valence-corrected chi connectivity index (χ0v) is 17.7. The van der Waals surface area contributed by atoms with Crippen LogP contribution in [0, 0.1) is 5.82 Å². The molecule has 0 unspecified atom stereocenters. The average molecular weight is 416 g/mol. The van der Waals surface area contributed by atoms with E-state index in [2.05, 4.69) is 10.3 Å². The molecule has 0 saturated carbocycles. The zero-order valence-electron chi connectivity index (χ0n) is 17.7. The normalized spacial score (nSPS) is 10.5. The number of aromatic nitrogens is 1. The summed E-state index contributed by atoms with van der Waals surface area (Å²) in [5, 5.41) is 2.83. The SMILES string of the molecule is CCCN(CCC)C(=O)CCCC(=O)NCc1cccnc1Oc1cccc(F)c1. The molecule has 6 nitrogen and oxygen atoms in total. The molecule has 0 fully saturated rings. The van der Waals surface area contributed by atoms with Crippen molar-refractivity contribution >= 4 is 11.8 Å². The summed E-state index contributed by atoms with van der Waals surface area (Å²) >= 11 is 0. The van der Waals surface area contributed by atoms with Crippen LogP contribution in [0.1, 0.15) is 51.5 Å². The molecule has 0 aliphatic rings.